The molecule has 1 aliphatic heterocycles. The molecule has 0 saturated carbocycles. The van der Waals surface area contributed by atoms with Gasteiger partial charge in [-0.25, -0.2) is 0 Å². The van der Waals surface area contributed by atoms with Crippen molar-refractivity contribution in [2.24, 2.45) is 0 Å². The first-order chi connectivity index (χ1) is 7.15. The van der Waals surface area contributed by atoms with Crippen LogP contribution in [-0.2, 0) is 16.0 Å². The number of hydrogen-bond acceptors (Lipinski definition) is 4. The van der Waals surface area contributed by atoms with Gasteiger partial charge >= 0.3 is 0 Å². The number of rotatable bonds is 3. The van der Waals surface area contributed by atoms with Crippen molar-refractivity contribution in [1.29, 1.82) is 0 Å². The molecule has 5 heteroatoms. The van der Waals surface area contributed by atoms with E-state index in [1.165, 1.54) is 0 Å². The summed E-state index contributed by atoms with van der Waals surface area (Å²) in [6.45, 7) is 4.07. The first-order valence-corrected chi connectivity index (χ1v) is 5.08. The van der Waals surface area contributed by atoms with Gasteiger partial charge in [0.2, 0.25) is 0 Å². The average Bonchev–Trinajstić information content (AvgIpc) is 2.76. The van der Waals surface area contributed by atoms with Crippen molar-refractivity contribution in [2.45, 2.75) is 25.5 Å². The van der Waals surface area contributed by atoms with Crippen LogP contribution in [0.4, 0.5) is 5.82 Å². The summed E-state index contributed by atoms with van der Waals surface area (Å²) in [6.07, 6.45) is 0.905. The number of nitrogen functional groups attached to an aromatic ring is 1. The molecule has 1 atom stereocenters. The number of nitrogens with zero attached hydrogens (tertiary/aromatic N) is 2. The Kier molecular flexibility index (Phi) is 2.67. The monoisotopic (exact) mass is 211 g/mol. The maximum Gasteiger partial charge on any atom is 0.145 e. The number of hydrogen-bond donors (Lipinski definition) is 1. The van der Waals surface area contributed by atoms with E-state index in [1.54, 1.807) is 7.11 Å². The molecule has 2 heterocycles. The van der Waals surface area contributed by atoms with Crippen LogP contribution in [0.5, 0.6) is 0 Å². The fourth-order valence-corrected chi connectivity index (χ4v) is 1.91. The minimum Gasteiger partial charge on any atom is -0.382 e. The Balaban J connectivity index is 2.16. The van der Waals surface area contributed by atoms with Crippen molar-refractivity contribution in [1.82, 2.24) is 9.78 Å². The summed E-state index contributed by atoms with van der Waals surface area (Å²) in [5.74, 6) is 0.553. The molecule has 0 radical (unpaired) electrons. The van der Waals surface area contributed by atoms with Crippen LogP contribution in [0.25, 0.3) is 0 Å². The van der Waals surface area contributed by atoms with E-state index in [4.69, 9.17) is 15.2 Å². The van der Waals surface area contributed by atoms with Crippen LogP contribution < -0.4 is 5.73 Å². The van der Waals surface area contributed by atoms with Crippen LogP contribution in [0.1, 0.15) is 12.1 Å². The number of aryl methyl sites for hydroxylation is 1. The predicted octanol–water partition coefficient (Wildman–Crippen LogP) is 0.579. The minimum atomic E-state index is -0.233. The van der Waals surface area contributed by atoms with E-state index >= 15 is 0 Å². The van der Waals surface area contributed by atoms with Crippen LogP contribution in [0.15, 0.2) is 6.07 Å². The van der Waals surface area contributed by atoms with Crippen molar-refractivity contribution < 1.29 is 9.47 Å². The highest BCUT2D eigenvalue weighted by molar-refractivity contribution is 5.28. The van der Waals surface area contributed by atoms with Gasteiger partial charge in [0.25, 0.3) is 0 Å². The molecular weight excluding hydrogens is 194 g/mol. The van der Waals surface area contributed by atoms with Crippen LogP contribution in [0.3, 0.4) is 0 Å². The number of ether oxygens (including phenoxy) is 2. The first-order valence-electron chi connectivity index (χ1n) is 5.08. The lowest BCUT2D eigenvalue weighted by Gasteiger charge is -2.26. The Morgan fingerprint density at radius 2 is 2.53 bits per heavy atom. The molecule has 1 aromatic rings. The van der Waals surface area contributed by atoms with Crippen LogP contribution in [0.2, 0.25) is 0 Å². The fraction of sp³-hybridized carbons (Fsp3) is 0.700. The average molecular weight is 211 g/mol. The van der Waals surface area contributed by atoms with Crippen molar-refractivity contribution in [3.8, 4) is 0 Å². The van der Waals surface area contributed by atoms with Crippen molar-refractivity contribution in [3.63, 3.8) is 0 Å². The van der Waals surface area contributed by atoms with Crippen LogP contribution in [0, 0.1) is 6.92 Å². The zero-order valence-electron chi connectivity index (χ0n) is 9.19. The maximum atomic E-state index is 5.63. The summed E-state index contributed by atoms with van der Waals surface area (Å²) in [6, 6.07) is 1.86. The smallest absolute Gasteiger partial charge is 0.145 e. The summed E-state index contributed by atoms with van der Waals surface area (Å²) < 4.78 is 12.8. The zero-order chi connectivity index (χ0) is 10.9. The maximum absolute atomic E-state index is 5.63. The topological polar surface area (TPSA) is 62.3 Å². The van der Waals surface area contributed by atoms with Crippen molar-refractivity contribution in [3.05, 3.63) is 11.8 Å². The lowest BCUT2D eigenvalue weighted by atomic mass is 10.0. The SMILES string of the molecule is COC1(Cn2nc(N)cc2C)CCOC1. The van der Waals surface area contributed by atoms with Gasteiger partial charge in [0.1, 0.15) is 11.4 Å². The van der Waals surface area contributed by atoms with E-state index in [-0.39, 0.29) is 5.60 Å². The van der Waals surface area contributed by atoms with E-state index in [9.17, 15) is 0 Å². The van der Waals surface area contributed by atoms with Crippen LogP contribution in [-0.4, -0.2) is 35.7 Å². The normalized spacial score (nSPS) is 26.0. The van der Waals surface area contributed by atoms with Gasteiger partial charge in [-0.15, -0.1) is 0 Å². The second-order valence-corrected chi connectivity index (χ2v) is 4.06. The van der Waals surface area contributed by atoms with E-state index in [1.807, 2.05) is 17.7 Å². The van der Waals surface area contributed by atoms with Gasteiger partial charge in [-0.05, 0) is 6.92 Å². The molecule has 1 saturated heterocycles. The predicted molar refractivity (Wildman–Crippen MR) is 56.6 cm³/mol. The molecular formula is C10H17N3O2. The van der Waals surface area contributed by atoms with Gasteiger partial charge in [-0.1, -0.05) is 0 Å². The van der Waals surface area contributed by atoms with E-state index in [2.05, 4.69) is 5.10 Å². The molecule has 5 nitrogen and oxygen atoms in total. The fourth-order valence-electron chi connectivity index (χ4n) is 1.91. The second kappa shape index (κ2) is 3.83. The van der Waals surface area contributed by atoms with Gasteiger partial charge in [0.05, 0.1) is 13.2 Å². The molecule has 0 spiro atoms. The van der Waals surface area contributed by atoms with E-state index < -0.39 is 0 Å². The zero-order valence-corrected chi connectivity index (χ0v) is 9.19. The molecule has 2 N–H and O–H groups in total. The molecule has 1 fully saturated rings. The molecule has 1 aliphatic rings. The van der Waals surface area contributed by atoms with Gasteiger partial charge in [-0.2, -0.15) is 5.10 Å². The molecule has 0 bridgehead atoms. The second-order valence-electron chi connectivity index (χ2n) is 4.06. The third-order valence-electron chi connectivity index (χ3n) is 2.94. The third kappa shape index (κ3) is 1.98. The highest BCUT2D eigenvalue weighted by Crippen LogP contribution is 2.25. The summed E-state index contributed by atoms with van der Waals surface area (Å²) in [4.78, 5) is 0. The molecule has 0 aromatic carbocycles. The van der Waals surface area contributed by atoms with E-state index in [0.29, 0.717) is 19.0 Å². The van der Waals surface area contributed by atoms with Crippen LogP contribution >= 0.6 is 0 Å². The molecule has 1 aromatic heterocycles. The summed E-state index contributed by atoms with van der Waals surface area (Å²) in [7, 11) is 1.72. The number of anilines is 1. The minimum absolute atomic E-state index is 0.233. The summed E-state index contributed by atoms with van der Waals surface area (Å²) in [5, 5.41) is 4.23. The van der Waals surface area contributed by atoms with E-state index in [0.717, 1.165) is 18.7 Å². The standard InChI is InChI=1S/C10H17N3O2/c1-8-5-9(11)12-13(8)6-10(14-2)3-4-15-7-10/h5H,3-4,6-7H2,1-2H3,(H2,11,12). The van der Waals surface area contributed by atoms with Gasteiger partial charge < -0.3 is 15.2 Å². The Labute approximate surface area is 89.2 Å². The molecule has 15 heavy (non-hydrogen) atoms. The Hall–Kier alpha value is -1.07. The number of nitrogens with two attached hydrogens (primary N) is 1. The van der Waals surface area contributed by atoms with Gasteiger partial charge in [-0.3, -0.25) is 4.68 Å². The summed E-state index contributed by atoms with van der Waals surface area (Å²) in [5.41, 5.74) is 6.45. The van der Waals surface area contributed by atoms with Crippen molar-refractivity contribution in [2.75, 3.05) is 26.1 Å². The number of methoxy groups -OCH3 is 1. The van der Waals surface area contributed by atoms with Gasteiger partial charge in [0.15, 0.2) is 0 Å². The highest BCUT2D eigenvalue weighted by Gasteiger charge is 2.36. The van der Waals surface area contributed by atoms with Crippen molar-refractivity contribution >= 4 is 5.82 Å². The largest absolute Gasteiger partial charge is 0.382 e. The summed E-state index contributed by atoms with van der Waals surface area (Å²) >= 11 is 0. The quantitative estimate of drug-likeness (QED) is 0.794. The molecule has 84 valence electrons. The van der Waals surface area contributed by atoms with Gasteiger partial charge in [0, 0.05) is 31.9 Å². The first kappa shape index (κ1) is 10.4. The molecule has 1 unspecified atom stereocenters. The lowest BCUT2D eigenvalue weighted by Crippen LogP contribution is -2.37. The molecule has 0 amide bonds. The number of aromatic nitrogens is 2. The Bertz CT molecular complexity index is 342. The third-order valence-corrected chi connectivity index (χ3v) is 2.94. The molecule has 0 aliphatic carbocycles. The highest BCUT2D eigenvalue weighted by atomic mass is 16.5. The Morgan fingerprint density at radius 1 is 1.73 bits per heavy atom. The molecule has 2 rings (SSSR count). The lowest BCUT2D eigenvalue weighted by molar-refractivity contribution is -0.0321. The Morgan fingerprint density at radius 3 is 3.00 bits per heavy atom.